The summed E-state index contributed by atoms with van der Waals surface area (Å²) in [5.41, 5.74) is 7.18. The van der Waals surface area contributed by atoms with Crippen molar-refractivity contribution in [3.63, 3.8) is 0 Å². The largest absolute Gasteiger partial charge is 0.279 e. The molecule has 32 heavy (non-hydrogen) atoms. The Morgan fingerprint density at radius 2 is 1.62 bits per heavy atom. The maximum atomic E-state index is 13.8. The number of hydrogen-bond donors (Lipinski definition) is 0. The summed E-state index contributed by atoms with van der Waals surface area (Å²) >= 11 is 0. The van der Waals surface area contributed by atoms with Crippen LogP contribution in [0, 0.1) is 18.4 Å². The molecule has 0 aliphatic heterocycles. The van der Waals surface area contributed by atoms with Crippen molar-refractivity contribution >= 4 is 43.0 Å². The SMILES string of the molecule is Cc1cc2c([Si](C)(C)C)c(C#C[Si](C)(C)C)ccc2c(=O)n1-c1cccc2cccnc12. The Labute approximate surface area is 192 Å². The minimum atomic E-state index is -1.77. The highest BCUT2D eigenvalue weighted by Gasteiger charge is 2.25. The molecular formula is C27H30N2OSi2. The monoisotopic (exact) mass is 454 g/mol. The van der Waals surface area contributed by atoms with E-state index in [0.717, 1.165) is 38.6 Å². The van der Waals surface area contributed by atoms with Gasteiger partial charge in [0, 0.05) is 28.2 Å². The topological polar surface area (TPSA) is 34.9 Å². The Balaban J connectivity index is 2.08. The average molecular weight is 455 g/mol. The van der Waals surface area contributed by atoms with Crippen LogP contribution in [0.4, 0.5) is 0 Å². The summed E-state index contributed by atoms with van der Waals surface area (Å²) < 4.78 is 1.80. The first kappa shape index (κ1) is 22.3. The molecule has 0 unspecified atom stereocenters. The van der Waals surface area contributed by atoms with Crippen molar-refractivity contribution in [2.24, 2.45) is 0 Å². The number of fused-ring (bicyclic) bond motifs is 2. The fourth-order valence-electron chi connectivity index (χ4n) is 4.24. The first-order valence-corrected chi connectivity index (χ1v) is 18.0. The lowest BCUT2D eigenvalue weighted by Crippen LogP contribution is -2.41. The van der Waals surface area contributed by atoms with Gasteiger partial charge in [-0.1, -0.05) is 63.4 Å². The predicted octanol–water partition coefficient (Wildman–Crippen LogP) is 5.62. The molecule has 2 aromatic heterocycles. The van der Waals surface area contributed by atoms with Gasteiger partial charge in [0.1, 0.15) is 8.07 Å². The highest BCUT2D eigenvalue weighted by Crippen LogP contribution is 2.23. The molecular weight excluding hydrogens is 424 g/mol. The normalized spacial score (nSPS) is 12.1. The Hall–Kier alpha value is -2.95. The van der Waals surface area contributed by atoms with Gasteiger partial charge in [-0.3, -0.25) is 14.3 Å². The van der Waals surface area contributed by atoms with E-state index in [0.29, 0.717) is 0 Å². The second-order valence-electron chi connectivity index (χ2n) is 10.5. The van der Waals surface area contributed by atoms with Gasteiger partial charge < -0.3 is 0 Å². The smallest absolute Gasteiger partial charge is 0.263 e. The van der Waals surface area contributed by atoms with Crippen LogP contribution >= 0.6 is 0 Å². The van der Waals surface area contributed by atoms with E-state index >= 15 is 0 Å². The third-order valence-corrected chi connectivity index (χ3v) is 8.47. The van der Waals surface area contributed by atoms with E-state index < -0.39 is 16.1 Å². The molecule has 162 valence electrons. The van der Waals surface area contributed by atoms with Crippen LogP contribution in [0.3, 0.4) is 0 Å². The second kappa shape index (κ2) is 7.88. The van der Waals surface area contributed by atoms with Crippen LogP contribution in [-0.4, -0.2) is 25.7 Å². The van der Waals surface area contributed by atoms with E-state index in [4.69, 9.17) is 0 Å². The Kier molecular flexibility index (Phi) is 5.48. The summed E-state index contributed by atoms with van der Waals surface area (Å²) in [6.07, 6.45) is 1.78. The third-order valence-electron chi connectivity index (χ3n) is 5.56. The van der Waals surface area contributed by atoms with Gasteiger partial charge in [0.15, 0.2) is 0 Å². The van der Waals surface area contributed by atoms with E-state index in [-0.39, 0.29) is 5.56 Å². The number of benzene rings is 2. The molecule has 0 fully saturated rings. The standard InChI is InChI=1S/C27H30N2OSi2/c1-19-18-23-22(14-13-21(15-17-31(2,3)4)26(23)32(5,6)7)27(30)29(19)24-12-8-10-20-11-9-16-28-25(20)24/h8-14,16,18H,1-7H3. The van der Waals surface area contributed by atoms with Crippen LogP contribution in [0.25, 0.3) is 27.4 Å². The lowest BCUT2D eigenvalue weighted by atomic mass is 10.1. The first-order chi connectivity index (χ1) is 15.0. The van der Waals surface area contributed by atoms with Crippen molar-refractivity contribution in [3.8, 4) is 17.2 Å². The summed E-state index contributed by atoms with van der Waals surface area (Å²) in [5, 5.41) is 4.11. The number of rotatable bonds is 2. The van der Waals surface area contributed by atoms with Crippen molar-refractivity contribution in [2.75, 3.05) is 0 Å². The summed E-state index contributed by atoms with van der Waals surface area (Å²) in [4.78, 5) is 18.4. The maximum Gasteiger partial charge on any atom is 0.263 e. The molecule has 4 rings (SSSR count). The summed E-state index contributed by atoms with van der Waals surface area (Å²) in [6, 6.07) is 16.1. The molecule has 2 heterocycles. The highest BCUT2D eigenvalue weighted by molar-refractivity contribution is 6.91. The summed E-state index contributed by atoms with van der Waals surface area (Å²) in [7, 11) is -3.28. The minimum absolute atomic E-state index is 0.00218. The van der Waals surface area contributed by atoms with Gasteiger partial charge in [-0.2, -0.15) is 0 Å². The summed E-state index contributed by atoms with van der Waals surface area (Å²) in [5.74, 6) is 3.49. The van der Waals surface area contributed by atoms with Crippen molar-refractivity contribution in [1.29, 1.82) is 0 Å². The quantitative estimate of drug-likeness (QED) is 0.291. The van der Waals surface area contributed by atoms with Crippen molar-refractivity contribution < 1.29 is 0 Å². The molecule has 0 N–H and O–H groups in total. The zero-order valence-electron chi connectivity index (χ0n) is 20.0. The molecule has 4 aromatic rings. The number of hydrogen-bond acceptors (Lipinski definition) is 2. The number of nitrogens with zero attached hydrogens (tertiary/aromatic N) is 2. The zero-order valence-corrected chi connectivity index (χ0v) is 22.0. The van der Waals surface area contributed by atoms with Gasteiger partial charge in [0.2, 0.25) is 0 Å². The van der Waals surface area contributed by atoms with Crippen molar-refractivity contribution in [1.82, 2.24) is 9.55 Å². The van der Waals surface area contributed by atoms with Crippen LogP contribution < -0.4 is 10.7 Å². The fraction of sp³-hybridized carbons (Fsp3) is 0.259. The molecule has 0 bridgehead atoms. The maximum absolute atomic E-state index is 13.8. The second-order valence-corrected chi connectivity index (χ2v) is 20.2. The van der Waals surface area contributed by atoms with Crippen molar-refractivity contribution in [2.45, 2.75) is 46.2 Å². The molecule has 0 saturated heterocycles. The molecule has 0 spiro atoms. The molecule has 0 aliphatic rings. The molecule has 0 amide bonds. The van der Waals surface area contributed by atoms with Gasteiger partial charge in [-0.25, -0.2) is 0 Å². The van der Waals surface area contributed by atoms with Gasteiger partial charge in [-0.05, 0) is 47.8 Å². The number of para-hydroxylation sites is 1. The average Bonchev–Trinajstić information content (AvgIpc) is 2.70. The molecule has 2 aromatic carbocycles. The van der Waals surface area contributed by atoms with E-state index in [1.165, 1.54) is 5.19 Å². The molecule has 0 saturated carbocycles. The Morgan fingerprint density at radius 3 is 2.31 bits per heavy atom. The van der Waals surface area contributed by atoms with Gasteiger partial charge in [0.25, 0.3) is 5.56 Å². The number of pyridine rings is 2. The molecule has 5 heteroatoms. The van der Waals surface area contributed by atoms with Gasteiger partial charge >= 0.3 is 0 Å². The van der Waals surface area contributed by atoms with Crippen LogP contribution in [0.5, 0.6) is 0 Å². The fourth-order valence-corrected chi connectivity index (χ4v) is 6.72. The third kappa shape index (κ3) is 4.08. The van der Waals surface area contributed by atoms with Gasteiger partial charge in [-0.15, -0.1) is 5.54 Å². The van der Waals surface area contributed by atoms with Crippen LogP contribution in [0.1, 0.15) is 11.3 Å². The Morgan fingerprint density at radius 1 is 0.906 bits per heavy atom. The van der Waals surface area contributed by atoms with Crippen LogP contribution in [0.15, 0.2) is 59.5 Å². The molecule has 0 atom stereocenters. The lowest BCUT2D eigenvalue weighted by molar-refractivity contribution is 0.955. The number of aromatic nitrogens is 2. The van der Waals surface area contributed by atoms with E-state index in [1.807, 2.05) is 43.3 Å². The minimum Gasteiger partial charge on any atom is -0.279 e. The number of aryl methyl sites for hydroxylation is 1. The van der Waals surface area contributed by atoms with E-state index in [9.17, 15) is 4.79 Å². The summed E-state index contributed by atoms with van der Waals surface area (Å²) in [6.45, 7) is 15.8. The molecule has 3 nitrogen and oxygen atoms in total. The molecule has 0 radical (unpaired) electrons. The molecule has 0 aliphatic carbocycles. The van der Waals surface area contributed by atoms with Crippen molar-refractivity contribution in [3.05, 3.63) is 76.3 Å². The zero-order chi connectivity index (χ0) is 23.3. The Bertz CT molecular complexity index is 1470. The van der Waals surface area contributed by atoms with Crippen LogP contribution in [-0.2, 0) is 0 Å². The van der Waals surface area contributed by atoms with Crippen LogP contribution in [0.2, 0.25) is 39.3 Å². The van der Waals surface area contributed by atoms with Gasteiger partial charge in [0.05, 0.1) is 19.3 Å². The lowest BCUT2D eigenvalue weighted by Gasteiger charge is -2.23. The first-order valence-electron chi connectivity index (χ1n) is 11.0. The predicted molar refractivity (Wildman–Crippen MR) is 143 cm³/mol. The highest BCUT2D eigenvalue weighted by atomic mass is 28.3. The van der Waals surface area contributed by atoms with E-state index in [2.05, 4.69) is 67.9 Å². The van der Waals surface area contributed by atoms with E-state index in [1.54, 1.807) is 10.8 Å².